The van der Waals surface area contributed by atoms with E-state index in [1.807, 2.05) is 6.07 Å². The Kier molecular flexibility index (Phi) is 2.36. The Labute approximate surface area is 109 Å². The molecule has 0 unspecified atom stereocenters. The molecule has 3 rings (SSSR count). The Morgan fingerprint density at radius 3 is 2.79 bits per heavy atom. The summed E-state index contributed by atoms with van der Waals surface area (Å²) >= 11 is 0. The zero-order valence-electron chi connectivity index (χ0n) is 9.91. The fourth-order valence-electron chi connectivity index (χ4n) is 1.92. The second-order valence-corrected chi connectivity index (χ2v) is 4.02. The molecule has 0 saturated heterocycles. The van der Waals surface area contributed by atoms with E-state index in [2.05, 4.69) is 15.9 Å². The average molecular weight is 250 g/mol. The topological polar surface area (TPSA) is 76.4 Å². The van der Waals surface area contributed by atoms with Crippen molar-refractivity contribution in [2.75, 3.05) is 5.73 Å². The summed E-state index contributed by atoms with van der Waals surface area (Å²) < 4.78 is 1.66. The van der Waals surface area contributed by atoms with Crippen molar-refractivity contribution in [2.24, 2.45) is 0 Å². The van der Waals surface area contributed by atoms with Gasteiger partial charge in [-0.15, -0.1) is 6.42 Å². The molecule has 3 N–H and O–H groups in total. The van der Waals surface area contributed by atoms with Crippen molar-refractivity contribution in [3.8, 4) is 29.4 Å². The Bertz CT molecular complexity index is 814. The Morgan fingerprint density at radius 1 is 1.26 bits per heavy atom. The van der Waals surface area contributed by atoms with Gasteiger partial charge in [0.2, 0.25) is 5.78 Å². The second kappa shape index (κ2) is 4.03. The van der Waals surface area contributed by atoms with Crippen molar-refractivity contribution in [3.63, 3.8) is 0 Å². The molecule has 1 aromatic carbocycles. The van der Waals surface area contributed by atoms with Gasteiger partial charge < -0.3 is 10.8 Å². The first-order valence-electron chi connectivity index (χ1n) is 5.59. The van der Waals surface area contributed by atoms with Crippen LogP contribution in [0.1, 0.15) is 5.69 Å². The Hall–Kier alpha value is -3.00. The molecule has 0 aliphatic carbocycles. The molecular weight excluding hydrogens is 240 g/mol. The van der Waals surface area contributed by atoms with Crippen LogP contribution >= 0.6 is 0 Å². The summed E-state index contributed by atoms with van der Waals surface area (Å²) in [5.74, 6) is 3.41. The van der Waals surface area contributed by atoms with E-state index in [-0.39, 0.29) is 5.75 Å². The highest BCUT2D eigenvalue weighted by molar-refractivity contribution is 5.68. The van der Waals surface area contributed by atoms with Crippen LogP contribution < -0.4 is 5.73 Å². The maximum Gasteiger partial charge on any atom is 0.237 e. The minimum Gasteiger partial charge on any atom is -0.507 e. The summed E-state index contributed by atoms with van der Waals surface area (Å²) in [4.78, 5) is 8.44. The van der Waals surface area contributed by atoms with Gasteiger partial charge in [-0.05, 0) is 12.1 Å². The number of rotatable bonds is 1. The number of hydrogen-bond donors (Lipinski definition) is 2. The summed E-state index contributed by atoms with van der Waals surface area (Å²) in [6.45, 7) is 0. The van der Waals surface area contributed by atoms with E-state index in [0.717, 1.165) is 0 Å². The van der Waals surface area contributed by atoms with Crippen LogP contribution in [0.3, 0.4) is 0 Å². The minimum absolute atomic E-state index is 0.154. The monoisotopic (exact) mass is 250 g/mol. The maximum absolute atomic E-state index is 9.84. The van der Waals surface area contributed by atoms with Gasteiger partial charge in [-0.1, -0.05) is 18.1 Å². The standard InChI is InChI=1S/C14H10N4O/c1-2-9-7-13(15)17-14-16-11(8-18(9)14)10-5-3-4-6-12(10)19/h1,3-8,19H,(H2,15,16,17). The van der Waals surface area contributed by atoms with Crippen LogP contribution in [-0.4, -0.2) is 19.5 Å². The number of phenols is 1. The third-order valence-corrected chi connectivity index (χ3v) is 2.79. The van der Waals surface area contributed by atoms with Crippen LogP contribution in [0.5, 0.6) is 5.75 Å². The smallest absolute Gasteiger partial charge is 0.237 e. The van der Waals surface area contributed by atoms with Crippen molar-refractivity contribution in [3.05, 3.63) is 42.2 Å². The molecule has 0 amide bonds. The molecule has 0 aliphatic heterocycles. The van der Waals surface area contributed by atoms with Crippen molar-refractivity contribution in [1.82, 2.24) is 14.4 Å². The lowest BCUT2D eigenvalue weighted by Gasteiger charge is -1.98. The molecule has 0 radical (unpaired) electrons. The van der Waals surface area contributed by atoms with Crippen LogP contribution in [0.15, 0.2) is 36.5 Å². The van der Waals surface area contributed by atoms with E-state index in [1.165, 1.54) is 0 Å². The number of hydrogen-bond acceptors (Lipinski definition) is 4. The molecule has 19 heavy (non-hydrogen) atoms. The van der Waals surface area contributed by atoms with Crippen LogP contribution in [0.25, 0.3) is 17.0 Å². The SMILES string of the molecule is C#Cc1cc(N)nc2nc(-c3ccccc3O)cn12. The minimum atomic E-state index is 0.154. The quantitative estimate of drug-likeness (QED) is 0.644. The molecule has 2 aromatic heterocycles. The normalized spacial score (nSPS) is 10.5. The number of phenolic OH excluding ortho intramolecular Hbond substituents is 1. The molecule has 5 heteroatoms. The van der Waals surface area contributed by atoms with Gasteiger partial charge in [0, 0.05) is 17.8 Å². The lowest BCUT2D eigenvalue weighted by molar-refractivity contribution is 0.477. The molecule has 3 aromatic rings. The zero-order valence-corrected chi connectivity index (χ0v) is 9.91. The third kappa shape index (κ3) is 1.76. The van der Waals surface area contributed by atoms with Crippen molar-refractivity contribution < 1.29 is 5.11 Å². The highest BCUT2D eigenvalue weighted by Crippen LogP contribution is 2.28. The predicted molar refractivity (Wildman–Crippen MR) is 72.4 cm³/mol. The molecule has 0 atom stereocenters. The number of benzene rings is 1. The summed E-state index contributed by atoms with van der Waals surface area (Å²) in [6.07, 6.45) is 7.16. The summed E-state index contributed by atoms with van der Waals surface area (Å²) in [5.41, 5.74) is 7.45. The van der Waals surface area contributed by atoms with Gasteiger partial charge >= 0.3 is 0 Å². The van der Waals surface area contributed by atoms with Gasteiger partial charge in [0.05, 0.1) is 5.69 Å². The lowest BCUT2D eigenvalue weighted by atomic mass is 10.1. The molecule has 5 nitrogen and oxygen atoms in total. The van der Waals surface area contributed by atoms with E-state index in [1.54, 1.807) is 34.9 Å². The molecule has 92 valence electrons. The van der Waals surface area contributed by atoms with Gasteiger partial charge in [-0.25, -0.2) is 4.98 Å². The first-order chi connectivity index (χ1) is 9.19. The van der Waals surface area contributed by atoms with Crippen LogP contribution in [0, 0.1) is 12.3 Å². The van der Waals surface area contributed by atoms with E-state index in [9.17, 15) is 5.11 Å². The number of terminal acetylenes is 1. The number of nitrogens with zero attached hydrogens (tertiary/aromatic N) is 3. The van der Waals surface area contributed by atoms with Gasteiger partial charge in [0.15, 0.2) is 0 Å². The number of anilines is 1. The molecule has 0 bridgehead atoms. The molecular formula is C14H10N4O. The highest BCUT2D eigenvalue weighted by Gasteiger charge is 2.11. The average Bonchev–Trinajstić information content (AvgIpc) is 2.81. The van der Waals surface area contributed by atoms with Crippen molar-refractivity contribution in [1.29, 1.82) is 0 Å². The van der Waals surface area contributed by atoms with Gasteiger partial charge in [0.25, 0.3) is 0 Å². The zero-order chi connectivity index (χ0) is 13.4. The van der Waals surface area contributed by atoms with Crippen LogP contribution in [0.2, 0.25) is 0 Å². The van der Waals surface area contributed by atoms with Crippen molar-refractivity contribution >= 4 is 11.6 Å². The van der Waals surface area contributed by atoms with Crippen LogP contribution in [-0.2, 0) is 0 Å². The number of nitrogens with two attached hydrogens (primary N) is 1. The first-order valence-corrected chi connectivity index (χ1v) is 5.59. The number of para-hydroxylation sites is 1. The number of aromatic hydroxyl groups is 1. The van der Waals surface area contributed by atoms with Gasteiger partial charge in [0.1, 0.15) is 17.3 Å². The number of fused-ring (bicyclic) bond motifs is 1. The molecule has 2 heterocycles. The predicted octanol–water partition coefficient (Wildman–Crippen LogP) is 1.67. The molecule has 0 aliphatic rings. The Morgan fingerprint density at radius 2 is 2.05 bits per heavy atom. The summed E-state index contributed by atoms with van der Waals surface area (Å²) in [5, 5.41) is 9.84. The molecule has 0 spiro atoms. The fraction of sp³-hybridized carbons (Fsp3) is 0. The van der Waals surface area contributed by atoms with E-state index < -0.39 is 0 Å². The largest absolute Gasteiger partial charge is 0.507 e. The van der Waals surface area contributed by atoms with E-state index in [4.69, 9.17) is 12.2 Å². The Balaban J connectivity index is 2.29. The van der Waals surface area contributed by atoms with Gasteiger partial charge in [-0.2, -0.15) is 4.98 Å². The van der Waals surface area contributed by atoms with Crippen LogP contribution in [0.4, 0.5) is 5.82 Å². The van der Waals surface area contributed by atoms with Gasteiger partial charge in [-0.3, -0.25) is 4.40 Å². The number of nitrogen functional groups attached to an aromatic ring is 1. The number of imidazole rings is 1. The molecule has 0 saturated carbocycles. The summed E-state index contributed by atoms with van der Waals surface area (Å²) in [7, 11) is 0. The highest BCUT2D eigenvalue weighted by atomic mass is 16.3. The maximum atomic E-state index is 9.84. The van der Waals surface area contributed by atoms with E-state index in [0.29, 0.717) is 28.5 Å². The molecule has 0 fully saturated rings. The summed E-state index contributed by atoms with van der Waals surface area (Å²) in [6, 6.07) is 8.54. The van der Waals surface area contributed by atoms with Crippen molar-refractivity contribution in [2.45, 2.75) is 0 Å². The fourth-order valence-corrected chi connectivity index (χ4v) is 1.92. The number of aromatic nitrogens is 3. The first kappa shape index (κ1) is 11.1. The lowest BCUT2D eigenvalue weighted by Crippen LogP contribution is -1.98. The third-order valence-electron chi connectivity index (χ3n) is 2.79. The van der Waals surface area contributed by atoms with E-state index >= 15 is 0 Å². The second-order valence-electron chi connectivity index (χ2n) is 4.02.